The lowest BCUT2D eigenvalue weighted by atomic mass is 10.1. The fourth-order valence-electron chi connectivity index (χ4n) is 9.26. The van der Waals surface area contributed by atoms with Gasteiger partial charge in [-0.25, -0.2) is 9.13 Å². The number of hydrogen-bond donors (Lipinski definition) is 4. The molecule has 0 aliphatic heterocycles. The summed E-state index contributed by atoms with van der Waals surface area (Å²) in [6.07, 6.45) is 82.1. The number of aliphatic hydroxyl groups is 2. The summed E-state index contributed by atoms with van der Waals surface area (Å²) < 4.78 is 60.9. The largest absolute Gasteiger partial charge is 0.472 e. The van der Waals surface area contributed by atoms with Crippen LogP contribution in [0.5, 0.6) is 0 Å². The van der Waals surface area contributed by atoms with Gasteiger partial charge in [-0.2, -0.15) is 0 Å². The van der Waals surface area contributed by atoms with E-state index in [4.69, 9.17) is 32.3 Å². The SMILES string of the molecule is CC/C=C\C/C=C\C/C=C\C/C=C\C/C=C\C/C=C\CCCCCCCCC(=O)OCC(O)COP(=O)(O)OCC(O)COP(=O)(O)OCC(COC(=O)CCCCCCC/C=C\C/C=C\C/C=C\C/C=C\CCCCC)OC(=O)CCCCCCC/C=C\CCCCCC. The van der Waals surface area contributed by atoms with Gasteiger partial charge in [0, 0.05) is 19.3 Å². The van der Waals surface area contributed by atoms with E-state index in [1.807, 2.05) is 0 Å². The second-order valence-electron chi connectivity index (χ2n) is 24.0. The van der Waals surface area contributed by atoms with Gasteiger partial charge in [0.2, 0.25) is 0 Å². The molecule has 0 saturated carbocycles. The highest BCUT2D eigenvalue weighted by atomic mass is 31.2. The van der Waals surface area contributed by atoms with E-state index in [1.165, 1.54) is 51.4 Å². The van der Waals surface area contributed by atoms with Crippen LogP contribution in [0, 0.1) is 0 Å². The number of esters is 3. The van der Waals surface area contributed by atoms with Crippen molar-refractivity contribution in [2.45, 2.75) is 296 Å². The van der Waals surface area contributed by atoms with Gasteiger partial charge in [0.05, 0.1) is 26.4 Å². The Balaban J connectivity index is 4.62. The third-order valence-corrected chi connectivity index (χ3v) is 16.7. The van der Waals surface area contributed by atoms with E-state index in [0.717, 1.165) is 167 Å². The van der Waals surface area contributed by atoms with Gasteiger partial charge in [0.25, 0.3) is 0 Å². The zero-order chi connectivity index (χ0) is 69.5. The Morgan fingerprint density at radius 1 is 0.305 bits per heavy atom. The van der Waals surface area contributed by atoms with Crippen LogP contribution in [-0.2, 0) is 55.8 Å². The average Bonchev–Trinajstić information content (AvgIpc) is 1.81. The second-order valence-corrected chi connectivity index (χ2v) is 26.9. The molecule has 0 saturated heterocycles. The summed E-state index contributed by atoms with van der Waals surface area (Å²) in [4.78, 5) is 58.5. The van der Waals surface area contributed by atoms with Crippen molar-refractivity contribution in [3.8, 4) is 0 Å². The van der Waals surface area contributed by atoms with Crippen LogP contribution < -0.4 is 0 Å². The number of phosphoric ester groups is 2. The van der Waals surface area contributed by atoms with Crippen LogP contribution in [0.4, 0.5) is 0 Å². The molecule has 0 spiro atoms. The Hall–Kier alpha value is -4.31. The summed E-state index contributed by atoms with van der Waals surface area (Å²) in [5, 5.41) is 20.6. The predicted molar refractivity (Wildman–Crippen MR) is 390 cm³/mol. The summed E-state index contributed by atoms with van der Waals surface area (Å²) >= 11 is 0. The maximum Gasteiger partial charge on any atom is 0.472 e. The van der Waals surface area contributed by atoms with Crippen LogP contribution in [0.1, 0.15) is 278 Å². The van der Waals surface area contributed by atoms with Gasteiger partial charge in [-0.05, 0) is 141 Å². The van der Waals surface area contributed by atoms with E-state index < -0.39 is 91.5 Å². The maximum absolute atomic E-state index is 12.9. The number of unbranched alkanes of at least 4 members (excludes halogenated alkanes) is 23. The molecule has 544 valence electrons. The Kier molecular flexibility index (Phi) is 66.4. The van der Waals surface area contributed by atoms with E-state index in [1.54, 1.807) is 0 Å². The third-order valence-electron chi connectivity index (χ3n) is 14.8. The van der Waals surface area contributed by atoms with Crippen molar-refractivity contribution >= 4 is 33.6 Å². The molecule has 0 amide bonds. The summed E-state index contributed by atoms with van der Waals surface area (Å²) in [7, 11) is -9.80. The Bertz CT molecular complexity index is 2260. The third kappa shape index (κ3) is 70.8. The van der Waals surface area contributed by atoms with E-state index >= 15 is 0 Å². The quantitative estimate of drug-likeness (QED) is 0.0146. The van der Waals surface area contributed by atoms with Gasteiger partial charge in [-0.3, -0.25) is 32.5 Å². The first-order valence-electron chi connectivity index (χ1n) is 36.5. The molecule has 0 aromatic heterocycles. The molecule has 0 aliphatic carbocycles. The molecule has 5 atom stereocenters. The number of phosphoric acid groups is 2. The molecular formula is C77H130O16P2. The minimum atomic E-state index is -4.94. The van der Waals surface area contributed by atoms with E-state index in [9.17, 15) is 43.5 Å². The molecule has 0 aromatic carbocycles. The van der Waals surface area contributed by atoms with E-state index in [2.05, 4.69) is 154 Å². The smallest absolute Gasteiger partial charge is 0.463 e. The first-order valence-corrected chi connectivity index (χ1v) is 39.5. The van der Waals surface area contributed by atoms with Crippen molar-refractivity contribution in [1.82, 2.24) is 0 Å². The van der Waals surface area contributed by atoms with Crippen LogP contribution in [0.15, 0.2) is 134 Å². The maximum atomic E-state index is 12.9. The summed E-state index contributed by atoms with van der Waals surface area (Å²) in [6.45, 7) is 2.46. The van der Waals surface area contributed by atoms with Crippen LogP contribution in [0.3, 0.4) is 0 Å². The molecule has 0 bridgehead atoms. The van der Waals surface area contributed by atoms with Crippen molar-refractivity contribution in [2.24, 2.45) is 0 Å². The van der Waals surface area contributed by atoms with Gasteiger partial charge in [-0.1, -0.05) is 251 Å². The van der Waals surface area contributed by atoms with Crippen LogP contribution in [0.25, 0.3) is 0 Å². The Labute approximate surface area is 575 Å². The van der Waals surface area contributed by atoms with Gasteiger partial charge in [0.1, 0.15) is 25.4 Å². The number of ether oxygens (including phenoxy) is 3. The molecule has 0 aliphatic rings. The lowest BCUT2D eigenvalue weighted by molar-refractivity contribution is -0.161. The van der Waals surface area contributed by atoms with Crippen LogP contribution in [0.2, 0.25) is 0 Å². The highest BCUT2D eigenvalue weighted by Gasteiger charge is 2.29. The molecule has 0 radical (unpaired) electrons. The fraction of sp³-hybridized carbons (Fsp3) is 0.675. The molecule has 5 unspecified atom stereocenters. The van der Waals surface area contributed by atoms with Gasteiger partial charge in [-0.15, -0.1) is 0 Å². The fourth-order valence-corrected chi connectivity index (χ4v) is 10.8. The number of hydrogen-bond acceptors (Lipinski definition) is 14. The monoisotopic (exact) mass is 1370 g/mol. The van der Waals surface area contributed by atoms with E-state index in [-0.39, 0.29) is 19.3 Å². The molecule has 4 N–H and O–H groups in total. The van der Waals surface area contributed by atoms with Gasteiger partial charge < -0.3 is 34.2 Å². The number of carbonyl (C=O) groups excluding carboxylic acids is 3. The normalized spacial score (nSPS) is 14.9. The molecule has 16 nitrogen and oxygen atoms in total. The van der Waals surface area contributed by atoms with Gasteiger partial charge in [0.15, 0.2) is 6.10 Å². The number of rotatable bonds is 68. The molecule has 0 aromatic rings. The molecule has 0 fully saturated rings. The lowest BCUT2D eigenvalue weighted by Gasteiger charge is -2.21. The zero-order valence-corrected chi connectivity index (χ0v) is 60.8. The minimum absolute atomic E-state index is 0.0869. The highest BCUT2D eigenvalue weighted by Crippen LogP contribution is 2.45. The Morgan fingerprint density at radius 2 is 0.558 bits per heavy atom. The molecule has 0 heterocycles. The van der Waals surface area contributed by atoms with Crippen molar-refractivity contribution in [2.75, 3.05) is 39.6 Å². The summed E-state index contributed by atoms with van der Waals surface area (Å²) in [5.41, 5.74) is 0. The number of aliphatic hydroxyl groups excluding tert-OH is 2. The molecule has 95 heavy (non-hydrogen) atoms. The molecule has 18 heteroatoms. The first kappa shape index (κ1) is 90.7. The first-order chi connectivity index (χ1) is 46.2. The van der Waals surface area contributed by atoms with Crippen molar-refractivity contribution in [3.63, 3.8) is 0 Å². The predicted octanol–water partition coefficient (Wildman–Crippen LogP) is 20.8. The number of allylic oxidation sites excluding steroid dienone is 22. The van der Waals surface area contributed by atoms with E-state index in [0.29, 0.717) is 19.3 Å². The average molecular weight is 1370 g/mol. The summed E-state index contributed by atoms with van der Waals surface area (Å²) in [6, 6.07) is 0. The highest BCUT2D eigenvalue weighted by molar-refractivity contribution is 7.47. The van der Waals surface area contributed by atoms with Crippen molar-refractivity contribution < 1.29 is 75.8 Å². The topological polar surface area (TPSA) is 231 Å². The van der Waals surface area contributed by atoms with Crippen LogP contribution >= 0.6 is 15.6 Å². The standard InChI is InChI=1S/C77H130O16P2/c1-4-7-10-13-16-19-22-25-27-29-31-33-34-35-36-38-40-41-43-46-48-51-54-57-60-63-75(80)87-66-72(78)67-89-94(83,84)90-68-73(79)69-91-95(85,86)92-71-74(93-77(82)65-62-59-56-53-50-45-24-21-18-15-12-9-6-3)70-88-76(81)64-61-58-55-52-49-47-44-42-39-37-32-30-28-26-23-20-17-14-11-8-5-2/h7,10,16-17,19-21,24-28,31-33,35-37,40-42,44,72-74,78-79H,4-6,8-9,11-15,18,22-23,29-30,34,38-39,43,45-71H2,1-3H3,(H,83,84)(H,85,86)/b10-7-,19-16-,20-17-,24-21-,27-25-,28-26-,33-31-,36-35-,37-32-,41-40-,44-42-. The van der Waals surface area contributed by atoms with Crippen molar-refractivity contribution in [3.05, 3.63) is 134 Å². The zero-order valence-electron chi connectivity index (χ0n) is 59.0. The van der Waals surface area contributed by atoms with Crippen LogP contribution in [-0.4, -0.2) is 95.9 Å². The Morgan fingerprint density at radius 3 is 0.916 bits per heavy atom. The second kappa shape index (κ2) is 69.6. The summed E-state index contributed by atoms with van der Waals surface area (Å²) in [5.74, 6) is -1.62. The molecular weight excluding hydrogens is 1240 g/mol. The number of carbonyl (C=O) groups is 3. The van der Waals surface area contributed by atoms with Gasteiger partial charge >= 0.3 is 33.6 Å². The lowest BCUT2D eigenvalue weighted by Crippen LogP contribution is -2.30. The molecule has 0 rings (SSSR count). The minimum Gasteiger partial charge on any atom is -0.463 e. The van der Waals surface area contributed by atoms with Crippen molar-refractivity contribution in [1.29, 1.82) is 0 Å².